The number of nitrogens with zero attached hydrogens (tertiary/aromatic N) is 5. The summed E-state index contributed by atoms with van der Waals surface area (Å²) in [5.41, 5.74) is 4.48. The van der Waals surface area contributed by atoms with Crippen molar-refractivity contribution in [2.24, 2.45) is 0 Å². The first-order chi connectivity index (χ1) is 17.2. The molecule has 3 aliphatic rings. The van der Waals surface area contributed by atoms with Crippen LogP contribution in [0.3, 0.4) is 0 Å². The van der Waals surface area contributed by atoms with Gasteiger partial charge in [0.05, 0.1) is 18.8 Å². The van der Waals surface area contributed by atoms with E-state index in [1.54, 1.807) is 12.3 Å². The van der Waals surface area contributed by atoms with E-state index in [0.29, 0.717) is 32.0 Å². The highest BCUT2D eigenvalue weighted by Gasteiger charge is 2.33. The molecule has 8 nitrogen and oxygen atoms in total. The molecule has 8 bridgehead atoms. The fourth-order valence-electron chi connectivity index (χ4n) is 4.77. The summed E-state index contributed by atoms with van der Waals surface area (Å²) in [5.74, 6) is 1.48. The van der Waals surface area contributed by atoms with Crippen molar-refractivity contribution in [3.8, 4) is 11.5 Å². The lowest BCUT2D eigenvalue weighted by molar-refractivity contribution is 0.0688. The average molecular weight is 468 g/mol. The molecule has 0 saturated heterocycles. The number of aryl methyl sites for hydroxylation is 1. The van der Waals surface area contributed by atoms with Gasteiger partial charge in [-0.2, -0.15) is 0 Å². The molecule has 0 fully saturated rings. The van der Waals surface area contributed by atoms with Crippen LogP contribution in [0.15, 0.2) is 73.1 Å². The first kappa shape index (κ1) is 21.3. The second kappa shape index (κ2) is 9.21. The third-order valence-electron chi connectivity index (χ3n) is 6.43. The summed E-state index contributed by atoms with van der Waals surface area (Å²) in [4.78, 5) is 19.8. The van der Waals surface area contributed by atoms with E-state index >= 15 is 0 Å². The molecule has 35 heavy (non-hydrogen) atoms. The predicted octanol–water partition coefficient (Wildman–Crippen LogP) is 3.82. The molecule has 1 amide bonds. The van der Waals surface area contributed by atoms with Crippen molar-refractivity contribution in [3.05, 3.63) is 101 Å². The molecular weight excluding hydrogens is 442 g/mol. The van der Waals surface area contributed by atoms with Gasteiger partial charge in [0, 0.05) is 25.7 Å². The second-order valence-corrected chi connectivity index (χ2v) is 8.76. The van der Waals surface area contributed by atoms with Crippen LogP contribution in [0.4, 0.5) is 0 Å². The predicted molar refractivity (Wildman–Crippen MR) is 128 cm³/mol. The molecule has 2 aromatic carbocycles. The number of pyridine rings is 1. The van der Waals surface area contributed by atoms with Gasteiger partial charge < -0.3 is 14.4 Å². The van der Waals surface area contributed by atoms with Crippen LogP contribution in [0.1, 0.15) is 45.3 Å². The number of carbonyl (C=O) groups excluding carboxylic acids is 1. The molecule has 0 saturated carbocycles. The standard InChI is InChI=1S/C27H25N5O3/c33-27(25-7-1-2-11-28-25)32-13-10-19-15-23-8-9-24(19)26(32)20-5-3-6-22(16-20)34-14-4-12-31-17-21(18-35-23)29-30-31/h1-3,5-9,11,15-17,26H,4,10,12-14,18H2. The van der Waals surface area contributed by atoms with Crippen LogP contribution in [0.5, 0.6) is 11.5 Å². The Morgan fingerprint density at radius 1 is 0.971 bits per heavy atom. The number of carbonyl (C=O) groups is 1. The molecule has 3 aliphatic heterocycles. The summed E-state index contributed by atoms with van der Waals surface area (Å²) in [7, 11) is 0. The average Bonchev–Trinajstić information content (AvgIpc) is 3.37. The third-order valence-corrected chi connectivity index (χ3v) is 6.43. The minimum atomic E-state index is -0.250. The van der Waals surface area contributed by atoms with E-state index in [1.807, 2.05) is 52.2 Å². The second-order valence-electron chi connectivity index (χ2n) is 8.76. The smallest absolute Gasteiger partial charge is 0.273 e. The molecule has 8 heteroatoms. The molecular formula is C27H25N5O3. The van der Waals surface area contributed by atoms with E-state index in [4.69, 9.17) is 9.47 Å². The van der Waals surface area contributed by atoms with Crippen molar-refractivity contribution in [1.29, 1.82) is 0 Å². The number of amides is 1. The van der Waals surface area contributed by atoms with Crippen molar-refractivity contribution in [2.75, 3.05) is 13.2 Å². The highest BCUT2D eigenvalue weighted by molar-refractivity contribution is 5.93. The first-order valence-corrected chi connectivity index (χ1v) is 11.8. The normalized spacial score (nSPS) is 17.3. The Hall–Kier alpha value is -4.20. The Labute approximate surface area is 203 Å². The van der Waals surface area contributed by atoms with Gasteiger partial charge in [0.2, 0.25) is 0 Å². The van der Waals surface area contributed by atoms with Crippen LogP contribution >= 0.6 is 0 Å². The maximum absolute atomic E-state index is 13.6. The van der Waals surface area contributed by atoms with Crippen LogP contribution in [0.2, 0.25) is 0 Å². The zero-order valence-electron chi connectivity index (χ0n) is 19.2. The summed E-state index contributed by atoms with van der Waals surface area (Å²) < 4.78 is 13.9. The van der Waals surface area contributed by atoms with Gasteiger partial charge in [-0.15, -0.1) is 5.10 Å². The van der Waals surface area contributed by atoms with Crippen molar-refractivity contribution in [3.63, 3.8) is 0 Å². The van der Waals surface area contributed by atoms with Crippen molar-refractivity contribution < 1.29 is 14.3 Å². The van der Waals surface area contributed by atoms with E-state index in [9.17, 15) is 4.79 Å². The molecule has 4 aromatic rings. The van der Waals surface area contributed by atoms with E-state index in [1.165, 1.54) is 0 Å². The monoisotopic (exact) mass is 467 g/mol. The molecule has 7 rings (SSSR count). The summed E-state index contributed by atoms with van der Waals surface area (Å²) in [6, 6.07) is 19.3. The largest absolute Gasteiger partial charge is 0.494 e. The number of hydrogen-bond donors (Lipinski definition) is 0. The van der Waals surface area contributed by atoms with Crippen molar-refractivity contribution in [2.45, 2.75) is 32.0 Å². The lowest BCUT2D eigenvalue weighted by Gasteiger charge is -2.38. The van der Waals surface area contributed by atoms with E-state index in [2.05, 4.69) is 33.5 Å². The Morgan fingerprint density at radius 3 is 2.83 bits per heavy atom. The lowest BCUT2D eigenvalue weighted by Crippen LogP contribution is -2.41. The third kappa shape index (κ3) is 4.35. The molecule has 0 spiro atoms. The summed E-state index contributed by atoms with van der Waals surface area (Å²) in [5, 5.41) is 8.40. The molecule has 0 N–H and O–H groups in total. The molecule has 1 atom stereocenters. The van der Waals surface area contributed by atoms with Crippen LogP contribution in [0, 0.1) is 0 Å². The number of aromatic nitrogens is 4. The summed E-state index contributed by atoms with van der Waals surface area (Å²) in [6.45, 7) is 2.19. The Kier molecular flexibility index (Phi) is 5.62. The number of ether oxygens (including phenoxy) is 2. The van der Waals surface area contributed by atoms with E-state index in [-0.39, 0.29) is 11.9 Å². The SMILES string of the molecule is O=C(c1ccccn1)N1CCc2cc3ccc2C1c1cccc(c1)OCCCn1cc(nn1)CO3. The van der Waals surface area contributed by atoms with Crippen LogP contribution in [0.25, 0.3) is 0 Å². The van der Waals surface area contributed by atoms with Gasteiger partial charge in [-0.1, -0.05) is 29.5 Å². The van der Waals surface area contributed by atoms with Gasteiger partial charge >= 0.3 is 0 Å². The van der Waals surface area contributed by atoms with Gasteiger partial charge in [-0.3, -0.25) is 14.5 Å². The molecule has 5 heterocycles. The zero-order valence-corrected chi connectivity index (χ0v) is 19.2. The van der Waals surface area contributed by atoms with Gasteiger partial charge in [-0.25, -0.2) is 0 Å². The number of rotatable bonds is 1. The minimum Gasteiger partial charge on any atom is -0.494 e. The van der Waals surface area contributed by atoms with Crippen LogP contribution in [-0.2, 0) is 19.6 Å². The van der Waals surface area contributed by atoms with Gasteiger partial charge in [0.25, 0.3) is 5.91 Å². The van der Waals surface area contributed by atoms with Gasteiger partial charge in [0.15, 0.2) is 0 Å². The Bertz CT molecular complexity index is 1350. The van der Waals surface area contributed by atoms with Crippen molar-refractivity contribution in [1.82, 2.24) is 24.9 Å². The van der Waals surface area contributed by atoms with Gasteiger partial charge in [-0.05, 0) is 59.5 Å². The van der Waals surface area contributed by atoms with E-state index in [0.717, 1.165) is 46.7 Å². The van der Waals surface area contributed by atoms with Crippen LogP contribution < -0.4 is 9.47 Å². The summed E-state index contributed by atoms with van der Waals surface area (Å²) >= 11 is 0. The molecule has 2 aromatic heterocycles. The molecule has 0 aliphatic carbocycles. The topological polar surface area (TPSA) is 82.4 Å². The fourth-order valence-corrected chi connectivity index (χ4v) is 4.77. The molecule has 176 valence electrons. The fraction of sp³-hybridized carbons (Fsp3) is 0.259. The van der Waals surface area contributed by atoms with Crippen LogP contribution in [-0.4, -0.2) is 43.9 Å². The van der Waals surface area contributed by atoms with Crippen molar-refractivity contribution >= 4 is 5.91 Å². The minimum absolute atomic E-state index is 0.0823. The quantitative estimate of drug-likeness (QED) is 0.423. The van der Waals surface area contributed by atoms with Gasteiger partial charge in [0.1, 0.15) is 29.5 Å². The molecule has 1 unspecified atom stereocenters. The Balaban J connectivity index is 1.42. The highest BCUT2D eigenvalue weighted by Crippen LogP contribution is 2.38. The zero-order chi connectivity index (χ0) is 23.6. The maximum Gasteiger partial charge on any atom is 0.273 e. The lowest BCUT2D eigenvalue weighted by atomic mass is 9.87. The Morgan fingerprint density at radius 2 is 1.91 bits per heavy atom. The number of fused-ring (bicyclic) bond motifs is 5. The highest BCUT2D eigenvalue weighted by atomic mass is 16.5. The maximum atomic E-state index is 13.6. The van der Waals surface area contributed by atoms with E-state index < -0.39 is 0 Å². The summed E-state index contributed by atoms with van der Waals surface area (Å²) in [6.07, 6.45) is 5.09. The first-order valence-electron chi connectivity index (χ1n) is 11.8. The number of benzene rings is 2. The number of hydrogen-bond acceptors (Lipinski definition) is 6. The molecule has 0 radical (unpaired) electrons.